The molecule has 1 unspecified atom stereocenters. The standard InChI is InChI=1S/C17H26N2O/c1-18-10-16-8-9-19(12-16)11-14-4-6-17(7-5-14)20-13-15-2-3-15/h4-7,15-16,18H,2-3,8-13H2,1H3. The first-order valence-electron chi connectivity index (χ1n) is 7.92. The van der Waals surface area contributed by atoms with Crippen LogP contribution in [0.4, 0.5) is 0 Å². The molecule has 20 heavy (non-hydrogen) atoms. The van der Waals surface area contributed by atoms with Gasteiger partial charge >= 0.3 is 0 Å². The third-order valence-electron chi connectivity index (χ3n) is 4.37. The summed E-state index contributed by atoms with van der Waals surface area (Å²) in [5.41, 5.74) is 1.40. The highest BCUT2D eigenvalue weighted by atomic mass is 16.5. The van der Waals surface area contributed by atoms with Gasteiger partial charge in [0, 0.05) is 13.1 Å². The van der Waals surface area contributed by atoms with E-state index in [1.807, 2.05) is 7.05 Å². The van der Waals surface area contributed by atoms with Crippen molar-refractivity contribution in [2.24, 2.45) is 11.8 Å². The molecule has 0 radical (unpaired) electrons. The summed E-state index contributed by atoms with van der Waals surface area (Å²) in [6.45, 7) is 5.57. The highest BCUT2D eigenvalue weighted by molar-refractivity contribution is 5.27. The summed E-state index contributed by atoms with van der Waals surface area (Å²) in [7, 11) is 2.04. The molecule has 1 heterocycles. The number of hydrogen-bond donors (Lipinski definition) is 1. The van der Waals surface area contributed by atoms with Gasteiger partial charge in [-0.25, -0.2) is 0 Å². The Bertz CT molecular complexity index is 414. The van der Waals surface area contributed by atoms with E-state index in [9.17, 15) is 0 Å². The molecule has 2 aliphatic rings. The zero-order chi connectivity index (χ0) is 13.8. The number of benzene rings is 1. The van der Waals surface area contributed by atoms with Crippen LogP contribution in [0.2, 0.25) is 0 Å². The molecule has 1 saturated carbocycles. The topological polar surface area (TPSA) is 24.5 Å². The Morgan fingerprint density at radius 1 is 1.15 bits per heavy atom. The van der Waals surface area contributed by atoms with Crippen LogP contribution in [0.15, 0.2) is 24.3 Å². The van der Waals surface area contributed by atoms with Crippen LogP contribution in [0.5, 0.6) is 5.75 Å². The van der Waals surface area contributed by atoms with Gasteiger partial charge in [-0.2, -0.15) is 0 Å². The monoisotopic (exact) mass is 274 g/mol. The van der Waals surface area contributed by atoms with Gasteiger partial charge in [-0.3, -0.25) is 4.90 Å². The molecule has 1 N–H and O–H groups in total. The van der Waals surface area contributed by atoms with Crippen LogP contribution in [-0.4, -0.2) is 38.2 Å². The molecule has 0 spiro atoms. The molecule has 0 amide bonds. The lowest BCUT2D eigenvalue weighted by atomic mass is 10.1. The SMILES string of the molecule is CNCC1CCN(Cc2ccc(OCC3CC3)cc2)C1. The van der Waals surface area contributed by atoms with Gasteiger partial charge in [0.05, 0.1) is 6.61 Å². The van der Waals surface area contributed by atoms with Crippen molar-refractivity contribution in [1.82, 2.24) is 10.2 Å². The van der Waals surface area contributed by atoms with Crippen molar-refractivity contribution in [2.75, 3.05) is 33.3 Å². The third kappa shape index (κ3) is 3.97. The second-order valence-electron chi connectivity index (χ2n) is 6.35. The average molecular weight is 274 g/mol. The Hall–Kier alpha value is -1.06. The molecule has 110 valence electrons. The van der Waals surface area contributed by atoms with Crippen LogP contribution in [-0.2, 0) is 6.54 Å². The Labute approximate surface area is 122 Å². The van der Waals surface area contributed by atoms with Gasteiger partial charge in [-0.05, 0) is 68.9 Å². The summed E-state index contributed by atoms with van der Waals surface area (Å²) in [6.07, 6.45) is 4.02. The first-order chi connectivity index (χ1) is 9.83. The number of hydrogen-bond acceptors (Lipinski definition) is 3. The molecule has 1 aromatic carbocycles. The minimum absolute atomic E-state index is 0.821. The fraction of sp³-hybridized carbons (Fsp3) is 0.647. The quantitative estimate of drug-likeness (QED) is 0.827. The van der Waals surface area contributed by atoms with Gasteiger partial charge in [0.25, 0.3) is 0 Å². The van der Waals surface area contributed by atoms with Crippen molar-refractivity contribution in [1.29, 1.82) is 0 Å². The predicted octanol–water partition coefficient (Wildman–Crippen LogP) is 2.52. The normalized spacial score (nSPS) is 23.1. The van der Waals surface area contributed by atoms with E-state index in [1.54, 1.807) is 0 Å². The van der Waals surface area contributed by atoms with Gasteiger partial charge in [0.2, 0.25) is 0 Å². The van der Waals surface area contributed by atoms with Gasteiger partial charge < -0.3 is 10.1 Å². The summed E-state index contributed by atoms with van der Waals surface area (Å²) in [4.78, 5) is 2.56. The summed E-state index contributed by atoms with van der Waals surface area (Å²) in [6, 6.07) is 8.68. The van der Waals surface area contributed by atoms with Crippen LogP contribution >= 0.6 is 0 Å². The Morgan fingerprint density at radius 3 is 2.65 bits per heavy atom. The smallest absolute Gasteiger partial charge is 0.119 e. The maximum absolute atomic E-state index is 5.78. The van der Waals surface area contributed by atoms with Gasteiger partial charge in [-0.15, -0.1) is 0 Å². The van der Waals surface area contributed by atoms with E-state index in [2.05, 4.69) is 34.5 Å². The molecule has 1 aromatic rings. The van der Waals surface area contributed by atoms with Crippen LogP contribution in [0, 0.1) is 11.8 Å². The van der Waals surface area contributed by atoms with Crippen molar-refractivity contribution in [3.8, 4) is 5.75 Å². The van der Waals surface area contributed by atoms with Crippen molar-refractivity contribution in [3.05, 3.63) is 29.8 Å². The van der Waals surface area contributed by atoms with Gasteiger partial charge in [-0.1, -0.05) is 12.1 Å². The molecule has 1 aliphatic heterocycles. The molecule has 3 heteroatoms. The van der Waals surface area contributed by atoms with Crippen molar-refractivity contribution >= 4 is 0 Å². The fourth-order valence-electron chi connectivity index (χ4n) is 2.96. The summed E-state index contributed by atoms with van der Waals surface area (Å²) < 4.78 is 5.78. The van der Waals surface area contributed by atoms with Crippen LogP contribution in [0.3, 0.4) is 0 Å². The molecular formula is C17H26N2O. The third-order valence-corrected chi connectivity index (χ3v) is 4.37. The molecule has 1 saturated heterocycles. The highest BCUT2D eigenvalue weighted by Gasteiger charge is 2.22. The van der Waals surface area contributed by atoms with Gasteiger partial charge in [0.15, 0.2) is 0 Å². The molecule has 1 atom stereocenters. The predicted molar refractivity (Wildman–Crippen MR) is 82.0 cm³/mol. The van der Waals surface area contributed by atoms with Crippen molar-refractivity contribution in [2.45, 2.75) is 25.8 Å². The largest absolute Gasteiger partial charge is 0.493 e. The first-order valence-corrected chi connectivity index (χ1v) is 7.92. The van der Waals surface area contributed by atoms with E-state index in [4.69, 9.17) is 4.74 Å². The minimum Gasteiger partial charge on any atom is -0.493 e. The summed E-state index contributed by atoms with van der Waals surface area (Å²) in [5, 5.41) is 3.29. The van der Waals surface area contributed by atoms with Crippen LogP contribution in [0.25, 0.3) is 0 Å². The fourth-order valence-corrected chi connectivity index (χ4v) is 2.96. The number of ether oxygens (including phenoxy) is 1. The molecule has 1 aliphatic carbocycles. The lowest BCUT2D eigenvalue weighted by Crippen LogP contribution is -2.24. The lowest BCUT2D eigenvalue weighted by Gasteiger charge is -2.16. The zero-order valence-electron chi connectivity index (χ0n) is 12.5. The molecule has 3 nitrogen and oxygen atoms in total. The minimum atomic E-state index is 0.821. The second kappa shape index (κ2) is 6.59. The highest BCUT2D eigenvalue weighted by Crippen LogP contribution is 2.29. The average Bonchev–Trinajstić information content (AvgIpc) is 3.19. The zero-order valence-corrected chi connectivity index (χ0v) is 12.5. The van der Waals surface area contributed by atoms with E-state index in [-0.39, 0.29) is 0 Å². The van der Waals surface area contributed by atoms with Gasteiger partial charge in [0.1, 0.15) is 5.75 Å². The summed E-state index contributed by atoms with van der Waals surface area (Å²) in [5.74, 6) is 2.67. The lowest BCUT2D eigenvalue weighted by molar-refractivity contribution is 0.298. The molecular weight excluding hydrogens is 248 g/mol. The van der Waals surface area contributed by atoms with Crippen LogP contribution in [0.1, 0.15) is 24.8 Å². The van der Waals surface area contributed by atoms with E-state index < -0.39 is 0 Å². The summed E-state index contributed by atoms with van der Waals surface area (Å²) >= 11 is 0. The van der Waals surface area contributed by atoms with Crippen LogP contribution < -0.4 is 10.1 Å². The maximum Gasteiger partial charge on any atom is 0.119 e. The molecule has 0 aromatic heterocycles. The Balaban J connectivity index is 1.45. The van der Waals surface area contributed by atoms with E-state index in [1.165, 1.54) is 37.9 Å². The molecule has 2 fully saturated rings. The molecule has 0 bridgehead atoms. The van der Waals surface area contributed by atoms with E-state index in [0.717, 1.165) is 37.3 Å². The van der Waals surface area contributed by atoms with Crippen molar-refractivity contribution < 1.29 is 4.74 Å². The number of likely N-dealkylation sites (tertiary alicyclic amines) is 1. The van der Waals surface area contributed by atoms with Crippen molar-refractivity contribution in [3.63, 3.8) is 0 Å². The number of nitrogens with zero attached hydrogens (tertiary/aromatic N) is 1. The Morgan fingerprint density at radius 2 is 1.95 bits per heavy atom. The first kappa shape index (κ1) is 13.9. The number of rotatable bonds is 7. The van der Waals surface area contributed by atoms with E-state index in [0.29, 0.717) is 0 Å². The Kier molecular flexibility index (Phi) is 4.58. The van der Waals surface area contributed by atoms with E-state index >= 15 is 0 Å². The maximum atomic E-state index is 5.78. The second-order valence-corrected chi connectivity index (χ2v) is 6.35. The molecule has 3 rings (SSSR count). The number of nitrogens with one attached hydrogen (secondary N) is 1.